The molecule has 2 aromatic rings. The number of tetrazole rings is 1. The zero-order valence-electron chi connectivity index (χ0n) is 13.8. The van der Waals surface area contributed by atoms with Crippen LogP contribution in [-0.2, 0) is 9.59 Å². The van der Waals surface area contributed by atoms with Crippen molar-refractivity contribution in [2.45, 2.75) is 38.1 Å². The van der Waals surface area contributed by atoms with Gasteiger partial charge in [0.05, 0.1) is 11.6 Å². The van der Waals surface area contributed by atoms with Crippen molar-refractivity contribution in [3.63, 3.8) is 0 Å². The van der Waals surface area contributed by atoms with Gasteiger partial charge in [-0.2, -0.15) is 0 Å². The van der Waals surface area contributed by atoms with Gasteiger partial charge in [0.25, 0.3) is 0 Å². The molecule has 0 radical (unpaired) electrons. The second-order valence-corrected chi connectivity index (χ2v) is 6.68. The Kier molecular flexibility index (Phi) is 4.17. The van der Waals surface area contributed by atoms with Gasteiger partial charge in [0.15, 0.2) is 0 Å². The lowest BCUT2D eigenvalue weighted by Gasteiger charge is -2.23. The van der Waals surface area contributed by atoms with Crippen LogP contribution in [0.2, 0.25) is 0 Å². The van der Waals surface area contributed by atoms with Crippen LogP contribution in [0.15, 0.2) is 30.6 Å². The first-order valence-electron chi connectivity index (χ1n) is 8.64. The van der Waals surface area contributed by atoms with Gasteiger partial charge in [-0.1, -0.05) is 18.9 Å². The van der Waals surface area contributed by atoms with Crippen LogP contribution in [0.1, 0.15) is 32.1 Å². The maximum Gasteiger partial charge on any atom is 0.229 e. The van der Waals surface area contributed by atoms with E-state index in [1.54, 1.807) is 6.07 Å². The zero-order chi connectivity index (χ0) is 17.2. The molecule has 1 unspecified atom stereocenters. The maximum absolute atomic E-state index is 12.6. The number of benzene rings is 1. The van der Waals surface area contributed by atoms with E-state index in [2.05, 4.69) is 20.8 Å². The number of rotatable bonds is 4. The first kappa shape index (κ1) is 15.7. The molecule has 25 heavy (non-hydrogen) atoms. The van der Waals surface area contributed by atoms with Crippen molar-refractivity contribution in [1.82, 2.24) is 25.1 Å². The van der Waals surface area contributed by atoms with Crippen molar-refractivity contribution >= 4 is 17.5 Å². The number of amides is 2. The molecule has 1 saturated carbocycles. The van der Waals surface area contributed by atoms with Gasteiger partial charge in [0.1, 0.15) is 6.33 Å². The van der Waals surface area contributed by atoms with Crippen LogP contribution >= 0.6 is 0 Å². The van der Waals surface area contributed by atoms with E-state index in [0.717, 1.165) is 18.5 Å². The third-order valence-corrected chi connectivity index (χ3v) is 5.02. The minimum Gasteiger partial charge on any atom is -0.339 e. The van der Waals surface area contributed by atoms with Crippen LogP contribution in [0.4, 0.5) is 5.69 Å². The quantitative estimate of drug-likeness (QED) is 0.908. The van der Waals surface area contributed by atoms with Gasteiger partial charge in [-0.25, -0.2) is 4.68 Å². The summed E-state index contributed by atoms with van der Waals surface area (Å²) in [5, 5.41) is 14.0. The molecule has 2 amide bonds. The highest BCUT2D eigenvalue weighted by Gasteiger charge is 2.38. The fraction of sp³-hybridized carbons (Fsp3) is 0.471. The fourth-order valence-corrected chi connectivity index (χ4v) is 3.73. The van der Waals surface area contributed by atoms with Crippen molar-refractivity contribution < 1.29 is 9.59 Å². The van der Waals surface area contributed by atoms with E-state index in [1.807, 2.05) is 23.1 Å². The van der Waals surface area contributed by atoms with E-state index < -0.39 is 0 Å². The zero-order valence-corrected chi connectivity index (χ0v) is 13.8. The van der Waals surface area contributed by atoms with E-state index in [4.69, 9.17) is 0 Å². The molecule has 1 aromatic carbocycles. The van der Waals surface area contributed by atoms with Gasteiger partial charge in [0.2, 0.25) is 11.8 Å². The molecule has 2 fully saturated rings. The van der Waals surface area contributed by atoms with E-state index in [1.165, 1.54) is 23.9 Å². The Morgan fingerprint density at radius 3 is 2.84 bits per heavy atom. The Hall–Kier alpha value is -2.77. The molecule has 1 saturated heterocycles. The van der Waals surface area contributed by atoms with E-state index in [0.29, 0.717) is 24.7 Å². The fourth-order valence-electron chi connectivity index (χ4n) is 3.73. The molecular formula is C17H20N6O2. The molecule has 2 aliphatic rings. The van der Waals surface area contributed by atoms with E-state index in [9.17, 15) is 9.59 Å². The van der Waals surface area contributed by atoms with Crippen molar-refractivity contribution in [3.8, 4) is 5.69 Å². The SMILES string of the molecule is O=C(Nc1cccc(-n2cnnn2)c1)C1CC(=O)N(C2CCCC2)C1. The van der Waals surface area contributed by atoms with Gasteiger partial charge in [-0.3, -0.25) is 9.59 Å². The smallest absolute Gasteiger partial charge is 0.229 e. The molecular weight excluding hydrogens is 320 g/mol. The minimum atomic E-state index is -0.287. The summed E-state index contributed by atoms with van der Waals surface area (Å²) in [4.78, 5) is 26.8. The number of nitrogens with one attached hydrogen (secondary N) is 1. The van der Waals surface area contributed by atoms with Crippen molar-refractivity contribution in [3.05, 3.63) is 30.6 Å². The predicted molar refractivity (Wildman–Crippen MR) is 89.9 cm³/mol. The second kappa shape index (κ2) is 6.62. The van der Waals surface area contributed by atoms with Crippen LogP contribution in [0.5, 0.6) is 0 Å². The molecule has 0 bridgehead atoms. The highest BCUT2D eigenvalue weighted by atomic mass is 16.2. The summed E-state index contributed by atoms with van der Waals surface area (Å²) >= 11 is 0. The summed E-state index contributed by atoms with van der Waals surface area (Å²) in [6.07, 6.45) is 6.28. The molecule has 1 N–H and O–H groups in total. The molecule has 4 rings (SSSR count). The average Bonchev–Trinajstić information content (AvgIpc) is 3.36. The number of nitrogens with zero attached hydrogens (tertiary/aromatic N) is 5. The molecule has 1 aliphatic carbocycles. The standard InChI is InChI=1S/C17H20N6O2/c24-16-8-12(10-22(16)14-5-1-2-6-14)17(25)19-13-4-3-7-15(9-13)23-11-18-20-21-23/h3-4,7,9,11-12,14H,1-2,5-6,8,10H2,(H,19,25). The molecule has 130 valence electrons. The van der Waals surface area contributed by atoms with Crippen LogP contribution in [-0.4, -0.2) is 49.5 Å². The maximum atomic E-state index is 12.6. The summed E-state index contributed by atoms with van der Waals surface area (Å²) in [5.41, 5.74) is 1.43. The Morgan fingerprint density at radius 1 is 1.24 bits per heavy atom. The lowest BCUT2D eigenvalue weighted by molar-refractivity contribution is -0.129. The lowest BCUT2D eigenvalue weighted by atomic mass is 10.1. The van der Waals surface area contributed by atoms with Crippen LogP contribution in [0, 0.1) is 5.92 Å². The summed E-state index contributed by atoms with van der Waals surface area (Å²) in [5.74, 6) is -0.290. The molecule has 8 nitrogen and oxygen atoms in total. The topological polar surface area (TPSA) is 93.0 Å². The van der Waals surface area contributed by atoms with Crippen molar-refractivity contribution in [2.24, 2.45) is 5.92 Å². The first-order chi connectivity index (χ1) is 12.2. The predicted octanol–water partition coefficient (Wildman–Crippen LogP) is 1.39. The molecule has 1 aliphatic heterocycles. The third kappa shape index (κ3) is 3.24. The average molecular weight is 340 g/mol. The number of likely N-dealkylation sites (tertiary alicyclic amines) is 1. The molecule has 8 heteroatoms. The normalized spacial score (nSPS) is 21.0. The molecule has 2 heterocycles. The summed E-state index contributed by atoms with van der Waals surface area (Å²) in [6.45, 7) is 0.530. The summed E-state index contributed by atoms with van der Waals surface area (Å²) in [7, 11) is 0. The molecule has 1 atom stereocenters. The highest BCUT2D eigenvalue weighted by molar-refractivity contribution is 5.97. The summed E-state index contributed by atoms with van der Waals surface area (Å²) in [6, 6.07) is 7.63. The van der Waals surface area contributed by atoms with Crippen molar-refractivity contribution in [2.75, 3.05) is 11.9 Å². The van der Waals surface area contributed by atoms with Gasteiger partial charge in [-0.15, -0.1) is 5.10 Å². The van der Waals surface area contributed by atoms with E-state index >= 15 is 0 Å². The largest absolute Gasteiger partial charge is 0.339 e. The minimum absolute atomic E-state index is 0.106. The number of carbonyl (C=O) groups excluding carboxylic acids is 2. The van der Waals surface area contributed by atoms with Gasteiger partial charge >= 0.3 is 0 Å². The Balaban J connectivity index is 1.42. The van der Waals surface area contributed by atoms with E-state index in [-0.39, 0.29) is 17.7 Å². The second-order valence-electron chi connectivity index (χ2n) is 6.68. The van der Waals surface area contributed by atoms with Crippen LogP contribution in [0.25, 0.3) is 5.69 Å². The lowest BCUT2D eigenvalue weighted by Crippen LogP contribution is -2.35. The highest BCUT2D eigenvalue weighted by Crippen LogP contribution is 2.30. The van der Waals surface area contributed by atoms with Gasteiger partial charge in [0, 0.05) is 24.7 Å². The summed E-state index contributed by atoms with van der Waals surface area (Å²) < 4.78 is 1.52. The molecule has 1 aromatic heterocycles. The first-order valence-corrected chi connectivity index (χ1v) is 8.64. The number of aromatic nitrogens is 4. The van der Waals surface area contributed by atoms with Crippen molar-refractivity contribution in [1.29, 1.82) is 0 Å². The van der Waals surface area contributed by atoms with Gasteiger partial charge in [-0.05, 0) is 41.5 Å². The number of hydrogen-bond donors (Lipinski definition) is 1. The Morgan fingerprint density at radius 2 is 2.08 bits per heavy atom. The third-order valence-electron chi connectivity index (χ3n) is 5.02. The van der Waals surface area contributed by atoms with Gasteiger partial charge < -0.3 is 10.2 Å². The monoisotopic (exact) mass is 340 g/mol. The number of carbonyl (C=O) groups is 2. The Labute approximate surface area is 145 Å². The molecule has 0 spiro atoms. The Bertz CT molecular complexity index is 769. The van der Waals surface area contributed by atoms with Crippen LogP contribution in [0.3, 0.4) is 0 Å². The van der Waals surface area contributed by atoms with Crippen LogP contribution < -0.4 is 5.32 Å². The number of anilines is 1. The number of hydrogen-bond acceptors (Lipinski definition) is 5.